The van der Waals surface area contributed by atoms with Gasteiger partial charge in [0.05, 0.1) is 19.3 Å². The van der Waals surface area contributed by atoms with Crippen molar-refractivity contribution in [2.75, 3.05) is 13.7 Å². The highest BCUT2D eigenvalue weighted by molar-refractivity contribution is 5.93. The van der Waals surface area contributed by atoms with E-state index in [-0.39, 0.29) is 5.97 Å². The number of hydrogen-bond donors (Lipinski definition) is 0. The van der Waals surface area contributed by atoms with Crippen LogP contribution >= 0.6 is 0 Å². The second-order valence-corrected chi connectivity index (χ2v) is 5.27. The van der Waals surface area contributed by atoms with Crippen LogP contribution in [0.3, 0.4) is 0 Å². The van der Waals surface area contributed by atoms with Crippen molar-refractivity contribution in [1.82, 2.24) is 0 Å². The van der Waals surface area contributed by atoms with Crippen LogP contribution in [0.5, 0.6) is 5.75 Å². The summed E-state index contributed by atoms with van der Waals surface area (Å²) in [7, 11) is 1.39. The summed E-state index contributed by atoms with van der Waals surface area (Å²) in [5, 5.41) is 0. The third-order valence-corrected chi connectivity index (χ3v) is 3.85. The van der Waals surface area contributed by atoms with Crippen LogP contribution < -0.4 is 4.74 Å². The van der Waals surface area contributed by atoms with Gasteiger partial charge in [-0.05, 0) is 41.8 Å². The molecule has 1 aliphatic heterocycles. The van der Waals surface area contributed by atoms with Crippen LogP contribution in [0.2, 0.25) is 0 Å². The van der Waals surface area contributed by atoms with Crippen molar-refractivity contribution >= 4 is 11.5 Å². The van der Waals surface area contributed by atoms with Gasteiger partial charge in [0.15, 0.2) is 0 Å². The molecule has 0 aliphatic carbocycles. The van der Waals surface area contributed by atoms with E-state index < -0.39 is 0 Å². The molecule has 0 fully saturated rings. The van der Waals surface area contributed by atoms with E-state index in [4.69, 9.17) is 9.47 Å². The molecule has 0 saturated carbocycles. The van der Waals surface area contributed by atoms with Crippen molar-refractivity contribution in [1.29, 1.82) is 0 Å². The Balaban J connectivity index is 2.16. The maximum Gasteiger partial charge on any atom is 0.337 e. The average molecular weight is 294 g/mol. The van der Waals surface area contributed by atoms with Crippen molar-refractivity contribution in [2.45, 2.75) is 13.3 Å². The maximum absolute atomic E-state index is 11.8. The molecule has 0 atom stereocenters. The molecule has 3 rings (SSSR count). The van der Waals surface area contributed by atoms with Crippen LogP contribution in [0.15, 0.2) is 48.5 Å². The first-order chi connectivity index (χ1) is 10.7. The zero-order valence-electron chi connectivity index (χ0n) is 12.8. The Labute approximate surface area is 130 Å². The fourth-order valence-electron chi connectivity index (χ4n) is 2.72. The van der Waals surface area contributed by atoms with E-state index in [2.05, 4.69) is 25.1 Å². The number of ether oxygens (including phenoxy) is 2. The molecule has 0 unspecified atom stereocenters. The van der Waals surface area contributed by atoms with Crippen LogP contribution in [0, 0.1) is 6.92 Å². The number of rotatable bonds is 2. The number of aryl methyl sites for hydroxylation is 1. The maximum atomic E-state index is 11.8. The van der Waals surface area contributed by atoms with Gasteiger partial charge in [-0.2, -0.15) is 0 Å². The number of methoxy groups -OCH3 is 1. The Morgan fingerprint density at radius 2 is 1.95 bits per heavy atom. The lowest BCUT2D eigenvalue weighted by molar-refractivity contribution is 0.0600. The van der Waals surface area contributed by atoms with Crippen molar-refractivity contribution < 1.29 is 14.3 Å². The first kappa shape index (κ1) is 14.4. The quantitative estimate of drug-likeness (QED) is 0.785. The predicted octanol–water partition coefficient (Wildman–Crippen LogP) is 4.00. The summed E-state index contributed by atoms with van der Waals surface area (Å²) in [5.74, 6) is 0.468. The van der Waals surface area contributed by atoms with E-state index >= 15 is 0 Å². The van der Waals surface area contributed by atoms with E-state index in [9.17, 15) is 4.79 Å². The van der Waals surface area contributed by atoms with Gasteiger partial charge < -0.3 is 9.47 Å². The molecule has 112 valence electrons. The SMILES string of the molecule is COC(=O)c1ccc2c(c1)C(c1ccccc1C)=CCCO2. The Hall–Kier alpha value is -2.55. The molecule has 1 aliphatic rings. The molecular formula is C19H18O3. The van der Waals surface area contributed by atoms with Crippen LogP contribution in [-0.4, -0.2) is 19.7 Å². The lowest BCUT2D eigenvalue weighted by atomic mass is 9.92. The summed E-state index contributed by atoms with van der Waals surface area (Å²) in [6.45, 7) is 2.73. The fraction of sp³-hybridized carbons (Fsp3) is 0.211. The Bertz CT molecular complexity index is 744. The van der Waals surface area contributed by atoms with Gasteiger partial charge in [0.1, 0.15) is 5.75 Å². The van der Waals surface area contributed by atoms with Crippen molar-refractivity contribution in [2.24, 2.45) is 0 Å². The number of carbonyl (C=O) groups is 1. The van der Waals surface area contributed by atoms with Crippen molar-refractivity contribution in [3.8, 4) is 5.75 Å². The molecule has 3 nitrogen and oxygen atoms in total. The molecule has 0 spiro atoms. The molecule has 0 radical (unpaired) electrons. The molecular weight excluding hydrogens is 276 g/mol. The normalized spacial score (nSPS) is 13.5. The predicted molar refractivity (Wildman–Crippen MR) is 86.2 cm³/mol. The topological polar surface area (TPSA) is 35.5 Å². The molecule has 3 heteroatoms. The average Bonchev–Trinajstić information content (AvgIpc) is 2.76. The number of esters is 1. The van der Waals surface area contributed by atoms with Gasteiger partial charge in [-0.15, -0.1) is 0 Å². The van der Waals surface area contributed by atoms with E-state index in [0.29, 0.717) is 12.2 Å². The van der Waals surface area contributed by atoms with Gasteiger partial charge in [0.2, 0.25) is 0 Å². The van der Waals surface area contributed by atoms with E-state index in [0.717, 1.165) is 28.9 Å². The third-order valence-electron chi connectivity index (χ3n) is 3.85. The highest BCUT2D eigenvalue weighted by Crippen LogP contribution is 2.35. The first-order valence-corrected chi connectivity index (χ1v) is 7.32. The number of fused-ring (bicyclic) bond motifs is 1. The lowest BCUT2D eigenvalue weighted by Crippen LogP contribution is -2.03. The third kappa shape index (κ3) is 2.62. The minimum atomic E-state index is -0.337. The summed E-state index contributed by atoms with van der Waals surface area (Å²) in [6, 6.07) is 13.7. The van der Waals surface area contributed by atoms with Gasteiger partial charge in [0, 0.05) is 12.0 Å². The number of hydrogen-bond acceptors (Lipinski definition) is 3. The molecule has 0 saturated heterocycles. The first-order valence-electron chi connectivity index (χ1n) is 7.32. The standard InChI is InChI=1S/C19H18O3/c1-13-6-3-4-7-15(13)16-8-5-11-22-18-10-9-14(12-17(16)18)19(20)21-2/h3-4,6-10,12H,5,11H2,1-2H3. The highest BCUT2D eigenvalue weighted by atomic mass is 16.5. The smallest absolute Gasteiger partial charge is 0.337 e. The van der Waals surface area contributed by atoms with E-state index in [1.54, 1.807) is 6.07 Å². The van der Waals surface area contributed by atoms with Gasteiger partial charge in [-0.25, -0.2) is 4.79 Å². The molecule has 0 bridgehead atoms. The zero-order valence-corrected chi connectivity index (χ0v) is 12.8. The van der Waals surface area contributed by atoms with E-state index in [1.165, 1.54) is 12.7 Å². The second-order valence-electron chi connectivity index (χ2n) is 5.27. The van der Waals surface area contributed by atoms with Crippen LogP contribution in [0.4, 0.5) is 0 Å². The van der Waals surface area contributed by atoms with Crippen LogP contribution in [0.25, 0.3) is 5.57 Å². The van der Waals surface area contributed by atoms with Gasteiger partial charge in [-0.1, -0.05) is 30.3 Å². The summed E-state index contributed by atoms with van der Waals surface area (Å²) >= 11 is 0. The molecule has 2 aromatic carbocycles. The highest BCUT2D eigenvalue weighted by Gasteiger charge is 2.18. The summed E-state index contributed by atoms with van der Waals surface area (Å²) in [6.07, 6.45) is 3.02. The molecule has 0 amide bonds. The Kier molecular flexibility index (Phi) is 3.96. The minimum Gasteiger partial charge on any atom is -0.493 e. The molecule has 0 aromatic heterocycles. The summed E-state index contributed by atoms with van der Waals surface area (Å²) in [5.41, 5.74) is 4.94. The fourth-order valence-corrected chi connectivity index (χ4v) is 2.72. The summed E-state index contributed by atoms with van der Waals surface area (Å²) < 4.78 is 10.6. The zero-order chi connectivity index (χ0) is 15.5. The van der Waals surface area contributed by atoms with E-state index in [1.807, 2.05) is 24.3 Å². The van der Waals surface area contributed by atoms with Gasteiger partial charge >= 0.3 is 5.97 Å². The van der Waals surface area contributed by atoms with Crippen molar-refractivity contribution in [3.05, 3.63) is 70.8 Å². The summed E-state index contributed by atoms with van der Waals surface area (Å²) in [4.78, 5) is 11.8. The number of benzene rings is 2. The lowest BCUT2D eigenvalue weighted by Gasteiger charge is -2.14. The largest absolute Gasteiger partial charge is 0.493 e. The van der Waals surface area contributed by atoms with Gasteiger partial charge in [-0.3, -0.25) is 0 Å². The second kappa shape index (κ2) is 6.06. The molecule has 2 aromatic rings. The van der Waals surface area contributed by atoms with Crippen LogP contribution in [0.1, 0.15) is 33.5 Å². The van der Waals surface area contributed by atoms with Crippen LogP contribution in [-0.2, 0) is 4.74 Å². The number of carbonyl (C=O) groups excluding carboxylic acids is 1. The molecule has 0 N–H and O–H groups in total. The monoisotopic (exact) mass is 294 g/mol. The Morgan fingerprint density at radius 1 is 1.14 bits per heavy atom. The van der Waals surface area contributed by atoms with Crippen molar-refractivity contribution in [3.63, 3.8) is 0 Å². The Morgan fingerprint density at radius 3 is 2.73 bits per heavy atom. The molecule has 1 heterocycles. The van der Waals surface area contributed by atoms with Gasteiger partial charge in [0.25, 0.3) is 0 Å². The molecule has 22 heavy (non-hydrogen) atoms. The minimum absolute atomic E-state index is 0.337.